The third-order valence-electron chi connectivity index (χ3n) is 2.37. The van der Waals surface area contributed by atoms with Crippen LogP contribution in [-0.4, -0.2) is 28.7 Å². The molecule has 0 aliphatic carbocycles. The molecule has 0 heterocycles. The van der Waals surface area contributed by atoms with Gasteiger partial charge in [0.25, 0.3) is 0 Å². The standard InChI is InChI=1S/C14H19NO4/c1-14(2,3)19-13(18)11(15)8-9-4-6-10(7-5-9)12(16)17/h4-7,11H,8,15H2,1-3H3,(H,16,17). The summed E-state index contributed by atoms with van der Waals surface area (Å²) < 4.78 is 5.18. The van der Waals surface area contributed by atoms with Gasteiger partial charge in [0.2, 0.25) is 0 Å². The summed E-state index contributed by atoms with van der Waals surface area (Å²) in [5.74, 6) is -1.45. The molecule has 0 aromatic heterocycles. The number of carbonyl (C=O) groups is 2. The van der Waals surface area contributed by atoms with Crippen LogP contribution in [0.2, 0.25) is 0 Å². The first-order valence-corrected chi connectivity index (χ1v) is 6.00. The second kappa shape index (κ2) is 5.84. The van der Waals surface area contributed by atoms with E-state index in [0.717, 1.165) is 5.56 Å². The van der Waals surface area contributed by atoms with Crippen LogP contribution in [0.3, 0.4) is 0 Å². The number of rotatable bonds is 4. The molecule has 5 nitrogen and oxygen atoms in total. The normalized spacial score (nSPS) is 12.8. The van der Waals surface area contributed by atoms with Crippen molar-refractivity contribution in [3.05, 3.63) is 35.4 Å². The van der Waals surface area contributed by atoms with Gasteiger partial charge in [-0.1, -0.05) is 12.1 Å². The highest BCUT2D eigenvalue weighted by molar-refractivity contribution is 5.87. The van der Waals surface area contributed by atoms with E-state index in [4.69, 9.17) is 15.6 Å². The third-order valence-corrected chi connectivity index (χ3v) is 2.37. The van der Waals surface area contributed by atoms with E-state index in [0.29, 0.717) is 6.42 Å². The fraction of sp³-hybridized carbons (Fsp3) is 0.429. The Balaban J connectivity index is 2.64. The number of esters is 1. The van der Waals surface area contributed by atoms with Crippen LogP contribution in [0, 0.1) is 0 Å². The molecule has 0 bridgehead atoms. The summed E-state index contributed by atoms with van der Waals surface area (Å²) in [5, 5.41) is 8.77. The third kappa shape index (κ3) is 5.09. The molecule has 0 saturated carbocycles. The van der Waals surface area contributed by atoms with Crippen LogP contribution in [0.15, 0.2) is 24.3 Å². The Morgan fingerprint density at radius 1 is 1.26 bits per heavy atom. The minimum Gasteiger partial charge on any atom is -0.478 e. The van der Waals surface area contributed by atoms with Crippen LogP contribution in [-0.2, 0) is 16.0 Å². The first-order valence-electron chi connectivity index (χ1n) is 6.00. The molecule has 5 heteroatoms. The number of carbonyl (C=O) groups excluding carboxylic acids is 1. The first-order chi connectivity index (χ1) is 8.69. The highest BCUT2D eigenvalue weighted by atomic mass is 16.6. The zero-order valence-electron chi connectivity index (χ0n) is 11.3. The van der Waals surface area contributed by atoms with Gasteiger partial charge in [-0.25, -0.2) is 4.79 Å². The second-order valence-electron chi connectivity index (χ2n) is 5.35. The van der Waals surface area contributed by atoms with Crippen molar-refractivity contribution in [2.45, 2.75) is 38.8 Å². The van der Waals surface area contributed by atoms with Crippen molar-refractivity contribution in [3.8, 4) is 0 Å². The number of ether oxygens (including phenoxy) is 1. The molecule has 19 heavy (non-hydrogen) atoms. The van der Waals surface area contributed by atoms with Gasteiger partial charge in [-0.3, -0.25) is 4.79 Å². The van der Waals surface area contributed by atoms with Crippen LogP contribution >= 0.6 is 0 Å². The maximum atomic E-state index is 11.7. The molecule has 104 valence electrons. The molecule has 0 spiro atoms. The summed E-state index contributed by atoms with van der Waals surface area (Å²) in [6, 6.07) is 5.51. The fourth-order valence-corrected chi connectivity index (χ4v) is 1.50. The molecule has 0 radical (unpaired) electrons. The number of aromatic carboxylic acids is 1. The first kappa shape index (κ1) is 15.2. The lowest BCUT2D eigenvalue weighted by molar-refractivity contribution is -0.156. The largest absolute Gasteiger partial charge is 0.478 e. The molecule has 1 atom stereocenters. The number of carboxylic acid groups (broad SMARTS) is 1. The summed E-state index contributed by atoms with van der Waals surface area (Å²) in [7, 11) is 0. The van der Waals surface area contributed by atoms with Gasteiger partial charge in [-0.05, 0) is 44.9 Å². The van der Waals surface area contributed by atoms with Gasteiger partial charge in [0.15, 0.2) is 0 Å². The predicted octanol–water partition coefficient (Wildman–Crippen LogP) is 1.60. The van der Waals surface area contributed by atoms with E-state index in [1.807, 2.05) is 0 Å². The Labute approximate surface area is 112 Å². The molecule has 0 aliphatic heterocycles. The monoisotopic (exact) mass is 265 g/mol. The van der Waals surface area contributed by atoms with Gasteiger partial charge in [-0.2, -0.15) is 0 Å². The molecular weight excluding hydrogens is 246 g/mol. The van der Waals surface area contributed by atoms with Gasteiger partial charge in [0, 0.05) is 0 Å². The number of hydrogen-bond acceptors (Lipinski definition) is 4. The molecule has 1 unspecified atom stereocenters. The quantitative estimate of drug-likeness (QED) is 0.807. The lowest BCUT2D eigenvalue weighted by atomic mass is 10.0. The maximum absolute atomic E-state index is 11.7. The fourth-order valence-electron chi connectivity index (χ4n) is 1.50. The van der Waals surface area contributed by atoms with E-state index in [1.54, 1.807) is 32.9 Å². The van der Waals surface area contributed by atoms with Crippen molar-refractivity contribution in [1.82, 2.24) is 0 Å². The van der Waals surface area contributed by atoms with E-state index in [2.05, 4.69) is 0 Å². The Bertz CT molecular complexity index is 459. The second-order valence-corrected chi connectivity index (χ2v) is 5.35. The van der Waals surface area contributed by atoms with Crippen LogP contribution in [0.1, 0.15) is 36.7 Å². The molecular formula is C14H19NO4. The number of carboxylic acids is 1. The van der Waals surface area contributed by atoms with E-state index in [9.17, 15) is 9.59 Å². The molecule has 1 aromatic rings. The van der Waals surface area contributed by atoms with Gasteiger partial charge in [-0.15, -0.1) is 0 Å². The van der Waals surface area contributed by atoms with Crippen molar-refractivity contribution in [1.29, 1.82) is 0 Å². The van der Waals surface area contributed by atoms with Gasteiger partial charge < -0.3 is 15.6 Å². The summed E-state index contributed by atoms with van der Waals surface area (Å²) >= 11 is 0. The molecule has 0 aliphatic rings. The Kier molecular flexibility index (Phi) is 4.67. The average molecular weight is 265 g/mol. The van der Waals surface area contributed by atoms with Crippen LogP contribution < -0.4 is 5.73 Å². The highest BCUT2D eigenvalue weighted by Crippen LogP contribution is 2.11. The van der Waals surface area contributed by atoms with Crippen molar-refractivity contribution < 1.29 is 19.4 Å². The molecule has 0 saturated heterocycles. The SMILES string of the molecule is CC(C)(C)OC(=O)C(N)Cc1ccc(C(=O)O)cc1. The van der Waals surface area contributed by atoms with Gasteiger partial charge in [0.1, 0.15) is 11.6 Å². The molecule has 0 fully saturated rings. The Hall–Kier alpha value is -1.88. The Morgan fingerprint density at radius 2 is 1.79 bits per heavy atom. The topological polar surface area (TPSA) is 89.6 Å². The lowest BCUT2D eigenvalue weighted by Gasteiger charge is -2.22. The predicted molar refractivity (Wildman–Crippen MR) is 70.9 cm³/mol. The summed E-state index contributed by atoms with van der Waals surface area (Å²) in [5.41, 5.74) is 6.19. The van der Waals surface area contributed by atoms with Crippen molar-refractivity contribution in [2.75, 3.05) is 0 Å². The Morgan fingerprint density at radius 3 is 2.21 bits per heavy atom. The van der Waals surface area contributed by atoms with Crippen molar-refractivity contribution in [2.24, 2.45) is 5.73 Å². The smallest absolute Gasteiger partial charge is 0.335 e. The summed E-state index contributed by atoms with van der Waals surface area (Å²) in [6.45, 7) is 5.33. The van der Waals surface area contributed by atoms with Crippen LogP contribution in [0.25, 0.3) is 0 Å². The number of hydrogen-bond donors (Lipinski definition) is 2. The van der Waals surface area contributed by atoms with Crippen molar-refractivity contribution >= 4 is 11.9 Å². The van der Waals surface area contributed by atoms with E-state index in [1.165, 1.54) is 12.1 Å². The van der Waals surface area contributed by atoms with E-state index < -0.39 is 23.6 Å². The van der Waals surface area contributed by atoms with Crippen molar-refractivity contribution in [3.63, 3.8) is 0 Å². The highest BCUT2D eigenvalue weighted by Gasteiger charge is 2.22. The van der Waals surface area contributed by atoms with E-state index in [-0.39, 0.29) is 5.56 Å². The zero-order chi connectivity index (χ0) is 14.6. The van der Waals surface area contributed by atoms with Gasteiger partial charge >= 0.3 is 11.9 Å². The summed E-state index contributed by atoms with van der Waals surface area (Å²) in [4.78, 5) is 22.4. The lowest BCUT2D eigenvalue weighted by Crippen LogP contribution is -2.38. The minimum atomic E-state index is -0.983. The number of benzene rings is 1. The summed E-state index contributed by atoms with van der Waals surface area (Å²) in [6.07, 6.45) is 0.314. The van der Waals surface area contributed by atoms with Crippen LogP contribution in [0.4, 0.5) is 0 Å². The van der Waals surface area contributed by atoms with Gasteiger partial charge in [0.05, 0.1) is 5.56 Å². The zero-order valence-corrected chi connectivity index (χ0v) is 11.3. The van der Waals surface area contributed by atoms with Crippen LogP contribution in [0.5, 0.6) is 0 Å². The molecule has 0 amide bonds. The molecule has 1 aromatic carbocycles. The molecule has 1 rings (SSSR count). The van der Waals surface area contributed by atoms with E-state index >= 15 is 0 Å². The number of nitrogens with two attached hydrogens (primary N) is 1. The molecule has 3 N–H and O–H groups in total. The average Bonchev–Trinajstić information content (AvgIpc) is 2.27. The minimum absolute atomic E-state index is 0.203. The maximum Gasteiger partial charge on any atom is 0.335 e.